The Morgan fingerprint density at radius 3 is 2.78 bits per heavy atom. The monoisotopic (exact) mass is 401 g/mol. The molecular weight excluding hydrogens is 382 g/mol. The third-order valence-electron chi connectivity index (χ3n) is 3.69. The molecule has 1 N–H and O–H groups in total. The molecule has 3 rings (SSSR count). The summed E-state index contributed by atoms with van der Waals surface area (Å²) in [6, 6.07) is 8.62. The van der Waals surface area contributed by atoms with Gasteiger partial charge < -0.3 is 10.1 Å². The Balaban J connectivity index is 1.52. The van der Waals surface area contributed by atoms with Gasteiger partial charge in [-0.3, -0.25) is 4.79 Å². The number of fused-ring (bicyclic) bond motifs is 1. The van der Waals surface area contributed by atoms with Crippen LogP contribution in [0.25, 0.3) is 10.2 Å². The normalized spacial score (nSPS) is 10.7. The zero-order chi connectivity index (χ0) is 19.1. The summed E-state index contributed by atoms with van der Waals surface area (Å²) in [5.74, 6) is -0.243. The van der Waals surface area contributed by atoms with E-state index in [1.54, 1.807) is 35.6 Å². The minimum atomic E-state index is -0.347. The first-order chi connectivity index (χ1) is 13.2. The van der Waals surface area contributed by atoms with Gasteiger partial charge in [0.1, 0.15) is 11.4 Å². The SMILES string of the molecule is CCCCOC(=O)c1ccc(NC(=O)CSc2ncnc3ccsc23)cc1. The number of ether oxygens (including phenoxy) is 1. The lowest BCUT2D eigenvalue weighted by molar-refractivity contribution is -0.113. The van der Waals surface area contributed by atoms with E-state index in [0.29, 0.717) is 17.9 Å². The number of rotatable bonds is 8. The van der Waals surface area contributed by atoms with Gasteiger partial charge in [-0.05, 0) is 42.1 Å². The molecule has 1 amide bonds. The first kappa shape index (κ1) is 19.3. The number of thioether (sulfide) groups is 1. The summed E-state index contributed by atoms with van der Waals surface area (Å²) < 4.78 is 6.15. The van der Waals surface area contributed by atoms with Crippen molar-refractivity contribution in [1.82, 2.24) is 9.97 Å². The molecule has 0 aliphatic heterocycles. The fraction of sp³-hybridized carbons (Fsp3) is 0.263. The molecule has 0 bridgehead atoms. The van der Waals surface area contributed by atoms with Crippen molar-refractivity contribution in [2.24, 2.45) is 0 Å². The molecule has 1 aromatic carbocycles. The maximum Gasteiger partial charge on any atom is 0.338 e. The van der Waals surface area contributed by atoms with E-state index in [1.165, 1.54) is 18.1 Å². The highest BCUT2D eigenvalue weighted by molar-refractivity contribution is 8.00. The van der Waals surface area contributed by atoms with Crippen LogP contribution in [-0.2, 0) is 9.53 Å². The van der Waals surface area contributed by atoms with E-state index in [-0.39, 0.29) is 17.6 Å². The molecule has 0 radical (unpaired) electrons. The molecule has 0 aliphatic carbocycles. The predicted octanol–water partition coefficient (Wildman–Crippen LogP) is 4.38. The fourth-order valence-electron chi connectivity index (χ4n) is 2.28. The lowest BCUT2D eigenvalue weighted by Gasteiger charge is -2.07. The molecule has 0 spiro atoms. The molecule has 6 nitrogen and oxygen atoms in total. The Bertz CT molecular complexity index is 925. The molecule has 0 fully saturated rings. The maximum absolute atomic E-state index is 12.2. The van der Waals surface area contributed by atoms with Crippen molar-refractivity contribution >= 4 is 50.9 Å². The molecule has 140 valence electrons. The second kappa shape index (κ2) is 9.48. The standard InChI is InChI=1S/C19H19N3O3S2/c1-2-3-9-25-19(24)13-4-6-14(7-5-13)22-16(23)11-27-18-17-15(8-10-26-17)20-12-21-18/h4-8,10,12H,2-3,9,11H2,1H3,(H,22,23). The number of carbonyl (C=O) groups is 2. The van der Waals surface area contributed by atoms with Crippen LogP contribution in [0.4, 0.5) is 5.69 Å². The van der Waals surface area contributed by atoms with Crippen molar-refractivity contribution in [3.8, 4) is 0 Å². The number of aromatic nitrogens is 2. The van der Waals surface area contributed by atoms with Gasteiger partial charge in [-0.25, -0.2) is 14.8 Å². The van der Waals surface area contributed by atoms with Crippen LogP contribution in [-0.4, -0.2) is 34.2 Å². The Morgan fingerprint density at radius 1 is 1.19 bits per heavy atom. The van der Waals surface area contributed by atoms with Crippen molar-refractivity contribution < 1.29 is 14.3 Å². The van der Waals surface area contributed by atoms with Crippen molar-refractivity contribution in [2.75, 3.05) is 17.7 Å². The summed E-state index contributed by atoms with van der Waals surface area (Å²) in [6.07, 6.45) is 3.33. The summed E-state index contributed by atoms with van der Waals surface area (Å²) in [5, 5.41) is 5.58. The van der Waals surface area contributed by atoms with Crippen molar-refractivity contribution in [3.05, 3.63) is 47.6 Å². The average molecular weight is 402 g/mol. The van der Waals surface area contributed by atoms with Crippen LogP contribution in [0.2, 0.25) is 0 Å². The van der Waals surface area contributed by atoms with E-state index in [9.17, 15) is 9.59 Å². The highest BCUT2D eigenvalue weighted by Gasteiger charge is 2.10. The van der Waals surface area contributed by atoms with Crippen molar-refractivity contribution in [2.45, 2.75) is 24.8 Å². The summed E-state index contributed by atoms with van der Waals surface area (Å²) in [6.45, 7) is 2.46. The van der Waals surface area contributed by atoms with Gasteiger partial charge in [0.2, 0.25) is 5.91 Å². The number of hydrogen-bond donors (Lipinski definition) is 1. The van der Waals surface area contributed by atoms with E-state index in [0.717, 1.165) is 28.1 Å². The number of anilines is 1. The van der Waals surface area contributed by atoms with Gasteiger partial charge in [-0.15, -0.1) is 11.3 Å². The van der Waals surface area contributed by atoms with Crippen LogP contribution >= 0.6 is 23.1 Å². The van der Waals surface area contributed by atoms with E-state index in [1.807, 2.05) is 18.4 Å². The molecule has 8 heteroatoms. The summed E-state index contributed by atoms with van der Waals surface area (Å²) >= 11 is 2.93. The molecule has 2 heterocycles. The van der Waals surface area contributed by atoms with Crippen molar-refractivity contribution in [1.29, 1.82) is 0 Å². The number of unbranched alkanes of at least 4 members (excludes halogenated alkanes) is 1. The summed E-state index contributed by atoms with van der Waals surface area (Å²) in [5.41, 5.74) is 1.99. The zero-order valence-electron chi connectivity index (χ0n) is 14.8. The van der Waals surface area contributed by atoms with E-state index >= 15 is 0 Å². The third kappa shape index (κ3) is 5.27. The predicted molar refractivity (Wildman–Crippen MR) is 108 cm³/mol. The Morgan fingerprint density at radius 2 is 2.00 bits per heavy atom. The lowest BCUT2D eigenvalue weighted by atomic mass is 10.2. The second-order valence-electron chi connectivity index (χ2n) is 5.72. The molecule has 2 aromatic heterocycles. The van der Waals surface area contributed by atoms with Gasteiger partial charge in [0.05, 0.1) is 28.1 Å². The third-order valence-corrected chi connectivity index (χ3v) is 5.71. The molecule has 0 saturated carbocycles. The van der Waals surface area contributed by atoms with Crippen LogP contribution in [0.3, 0.4) is 0 Å². The van der Waals surface area contributed by atoms with Crippen LogP contribution < -0.4 is 5.32 Å². The second-order valence-corrected chi connectivity index (χ2v) is 7.60. The quantitative estimate of drug-likeness (QED) is 0.261. The largest absolute Gasteiger partial charge is 0.462 e. The topological polar surface area (TPSA) is 81.2 Å². The van der Waals surface area contributed by atoms with Gasteiger partial charge in [-0.2, -0.15) is 0 Å². The van der Waals surface area contributed by atoms with E-state index in [4.69, 9.17) is 4.74 Å². The minimum Gasteiger partial charge on any atom is -0.462 e. The molecule has 0 unspecified atom stereocenters. The molecule has 0 atom stereocenters. The Labute approximate surface area is 165 Å². The Kier molecular flexibility index (Phi) is 6.78. The lowest BCUT2D eigenvalue weighted by Crippen LogP contribution is -2.14. The minimum absolute atomic E-state index is 0.137. The van der Waals surface area contributed by atoms with Crippen LogP contribution in [0.1, 0.15) is 30.1 Å². The first-order valence-electron chi connectivity index (χ1n) is 8.55. The molecule has 27 heavy (non-hydrogen) atoms. The molecule has 3 aromatic rings. The van der Waals surface area contributed by atoms with Gasteiger partial charge in [0.25, 0.3) is 0 Å². The number of benzene rings is 1. The molecule has 0 saturated heterocycles. The zero-order valence-corrected chi connectivity index (χ0v) is 16.4. The van der Waals surface area contributed by atoms with Gasteiger partial charge in [0.15, 0.2) is 0 Å². The smallest absolute Gasteiger partial charge is 0.338 e. The Hall–Kier alpha value is -2.45. The number of carbonyl (C=O) groups excluding carboxylic acids is 2. The van der Waals surface area contributed by atoms with Crippen LogP contribution in [0, 0.1) is 0 Å². The van der Waals surface area contributed by atoms with E-state index in [2.05, 4.69) is 15.3 Å². The van der Waals surface area contributed by atoms with Crippen LogP contribution in [0.15, 0.2) is 47.1 Å². The number of nitrogens with one attached hydrogen (secondary N) is 1. The number of amides is 1. The summed E-state index contributed by atoms with van der Waals surface area (Å²) in [7, 11) is 0. The molecular formula is C19H19N3O3S2. The highest BCUT2D eigenvalue weighted by Crippen LogP contribution is 2.28. The number of hydrogen-bond acceptors (Lipinski definition) is 7. The van der Waals surface area contributed by atoms with Crippen molar-refractivity contribution in [3.63, 3.8) is 0 Å². The average Bonchev–Trinajstić information content (AvgIpc) is 3.16. The fourth-order valence-corrected chi connectivity index (χ4v) is 4.03. The van der Waals surface area contributed by atoms with E-state index < -0.39 is 0 Å². The van der Waals surface area contributed by atoms with Gasteiger partial charge >= 0.3 is 5.97 Å². The summed E-state index contributed by atoms with van der Waals surface area (Å²) in [4.78, 5) is 32.5. The number of thiophene rings is 1. The molecule has 0 aliphatic rings. The van der Waals surface area contributed by atoms with Gasteiger partial charge in [0, 0.05) is 5.69 Å². The number of esters is 1. The maximum atomic E-state index is 12.2. The van der Waals surface area contributed by atoms with Gasteiger partial charge in [-0.1, -0.05) is 25.1 Å². The first-order valence-corrected chi connectivity index (χ1v) is 10.4. The number of nitrogens with zero attached hydrogens (tertiary/aromatic N) is 2. The highest BCUT2D eigenvalue weighted by atomic mass is 32.2. The van der Waals surface area contributed by atoms with Crippen LogP contribution in [0.5, 0.6) is 0 Å².